The topological polar surface area (TPSA) is 71.7 Å². The van der Waals surface area contributed by atoms with Gasteiger partial charge in [-0.2, -0.15) is 9.30 Å². The lowest BCUT2D eigenvalue weighted by molar-refractivity contribution is -0.122. The number of amides is 1. The number of sulfonamides is 1. The Balaban J connectivity index is 1.62. The van der Waals surface area contributed by atoms with Crippen LogP contribution in [-0.2, 0) is 21.4 Å². The smallest absolute Gasteiger partial charge is 0.252 e. The number of hydrogen-bond donors (Lipinski definition) is 0. The first kappa shape index (κ1) is 22.3. The first-order valence-corrected chi connectivity index (χ1v) is 13.0. The van der Waals surface area contributed by atoms with E-state index in [2.05, 4.69) is 20.9 Å². The summed E-state index contributed by atoms with van der Waals surface area (Å²) in [5, 5.41) is 0. The predicted molar refractivity (Wildman–Crippen MR) is 122 cm³/mol. The lowest BCUT2D eigenvalue weighted by Crippen LogP contribution is -2.42. The number of fused-ring (bicyclic) bond motifs is 1. The summed E-state index contributed by atoms with van der Waals surface area (Å²) in [6.45, 7) is 3.05. The van der Waals surface area contributed by atoms with Crippen molar-refractivity contribution in [2.24, 2.45) is 10.9 Å². The summed E-state index contributed by atoms with van der Waals surface area (Å²) < 4.78 is 44.3. The molecule has 0 aliphatic carbocycles. The van der Waals surface area contributed by atoms with Gasteiger partial charge in [-0.3, -0.25) is 4.79 Å². The van der Waals surface area contributed by atoms with Crippen LogP contribution < -0.4 is 4.80 Å². The van der Waals surface area contributed by atoms with Gasteiger partial charge < -0.3 is 4.57 Å². The SMILES string of the molecule is CCn1c(=NC(=O)C2CCCN(S(=O)(=O)c3ccc(F)cc3)C2)sc2cccc(Br)c21. The molecule has 1 aromatic heterocycles. The molecule has 1 aliphatic rings. The van der Waals surface area contributed by atoms with Crippen LogP contribution in [-0.4, -0.2) is 36.3 Å². The predicted octanol–water partition coefficient (Wildman–Crippen LogP) is 4.15. The van der Waals surface area contributed by atoms with Crippen LogP contribution in [0, 0.1) is 11.7 Å². The summed E-state index contributed by atoms with van der Waals surface area (Å²) >= 11 is 5.00. The van der Waals surface area contributed by atoms with Crippen molar-refractivity contribution in [2.75, 3.05) is 13.1 Å². The molecule has 3 aromatic rings. The molecule has 2 heterocycles. The van der Waals surface area contributed by atoms with Crippen molar-refractivity contribution in [3.8, 4) is 0 Å². The number of benzene rings is 2. The first-order chi connectivity index (χ1) is 14.8. The zero-order chi connectivity index (χ0) is 22.2. The number of carbonyl (C=O) groups excluding carboxylic acids is 1. The second-order valence-corrected chi connectivity index (χ2v) is 11.1. The summed E-state index contributed by atoms with van der Waals surface area (Å²) in [6.07, 6.45) is 1.15. The summed E-state index contributed by atoms with van der Waals surface area (Å²) in [5.41, 5.74) is 0.991. The Hall–Kier alpha value is -1.88. The number of rotatable bonds is 4. The molecule has 1 fully saturated rings. The zero-order valence-corrected chi connectivity index (χ0v) is 20.0. The Kier molecular flexibility index (Phi) is 6.43. The molecule has 0 bridgehead atoms. The van der Waals surface area contributed by atoms with Crippen LogP contribution in [0.3, 0.4) is 0 Å². The summed E-state index contributed by atoms with van der Waals surface area (Å²) in [7, 11) is -3.79. The highest BCUT2D eigenvalue weighted by molar-refractivity contribution is 9.10. The van der Waals surface area contributed by atoms with E-state index in [1.54, 1.807) is 0 Å². The molecule has 1 saturated heterocycles. The normalized spacial score (nSPS) is 18.5. The molecule has 6 nitrogen and oxygen atoms in total. The van der Waals surface area contributed by atoms with E-state index < -0.39 is 21.8 Å². The van der Waals surface area contributed by atoms with E-state index in [-0.39, 0.29) is 17.3 Å². The van der Waals surface area contributed by atoms with Gasteiger partial charge in [-0.15, -0.1) is 0 Å². The summed E-state index contributed by atoms with van der Waals surface area (Å²) in [6, 6.07) is 10.6. The molecule has 31 heavy (non-hydrogen) atoms. The molecule has 1 unspecified atom stereocenters. The van der Waals surface area contributed by atoms with Crippen LogP contribution in [0.2, 0.25) is 0 Å². The van der Waals surface area contributed by atoms with E-state index >= 15 is 0 Å². The Morgan fingerprint density at radius 1 is 1.26 bits per heavy atom. The Morgan fingerprint density at radius 2 is 2.00 bits per heavy atom. The second-order valence-electron chi connectivity index (χ2n) is 7.32. The van der Waals surface area contributed by atoms with Crippen molar-refractivity contribution < 1.29 is 17.6 Å². The molecule has 0 N–H and O–H groups in total. The third kappa shape index (κ3) is 4.39. The van der Waals surface area contributed by atoms with Gasteiger partial charge >= 0.3 is 0 Å². The van der Waals surface area contributed by atoms with Gasteiger partial charge in [0.15, 0.2) is 4.80 Å². The van der Waals surface area contributed by atoms with Gasteiger partial charge in [-0.1, -0.05) is 17.4 Å². The molecule has 2 aromatic carbocycles. The Labute approximate surface area is 192 Å². The average Bonchev–Trinajstić information content (AvgIpc) is 3.12. The van der Waals surface area contributed by atoms with Gasteiger partial charge in [0.05, 0.1) is 21.0 Å². The van der Waals surface area contributed by atoms with Crippen LogP contribution in [0.25, 0.3) is 10.2 Å². The van der Waals surface area contributed by atoms with E-state index in [0.29, 0.717) is 30.7 Å². The number of thiazole rings is 1. The first-order valence-electron chi connectivity index (χ1n) is 9.93. The highest BCUT2D eigenvalue weighted by Crippen LogP contribution is 2.27. The minimum absolute atomic E-state index is 0.0251. The lowest BCUT2D eigenvalue weighted by atomic mass is 9.99. The quantitative estimate of drug-likeness (QED) is 0.513. The van der Waals surface area contributed by atoms with E-state index in [9.17, 15) is 17.6 Å². The van der Waals surface area contributed by atoms with E-state index in [1.807, 2.05) is 29.7 Å². The fourth-order valence-corrected chi connectivity index (χ4v) is 7.13. The minimum Gasteiger partial charge on any atom is -0.316 e. The molecule has 1 aliphatic heterocycles. The van der Waals surface area contributed by atoms with Gasteiger partial charge in [-0.05, 0) is 72.1 Å². The maximum absolute atomic E-state index is 13.2. The Bertz CT molecular complexity index is 1300. The Morgan fingerprint density at radius 3 is 2.71 bits per heavy atom. The molecular formula is C21H21BrFN3O3S2. The number of piperidine rings is 1. The number of para-hydroxylation sites is 1. The van der Waals surface area contributed by atoms with Crippen LogP contribution in [0.4, 0.5) is 4.39 Å². The fraction of sp³-hybridized carbons (Fsp3) is 0.333. The largest absolute Gasteiger partial charge is 0.316 e. The molecule has 1 amide bonds. The zero-order valence-electron chi connectivity index (χ0n) is 16.8. The van der Waals surface area contributed by atoms with Crippen molar-refractivity contribution >= 4 is 53.4 Å². The van der Waals surface area contributed by atoms with Crippen molar-refractivity contribution in [3.05, 3.63) is 57.6 Å². The third-order valence-electron chi connectivity index (χ3n) is 5.36. The third-order valence-corrected chi connectivity index (χ3v) is 8.92. The van der Waals surface area contributed by atoms with Crippen molar-refractivity contribution in [1.82, 2.24) is 8.87 Å². The summed E-state index contributed by atoms with van der Waals surface area (Å²) in [5.74, 6) is -1.32. The molecule has 1 atom stereocenters. The second kappa shape index (κ2) is 8.93. The maximum Gasteiger partial charge on any atom is 0.252 e. The standard InChI is InChI=1S/C21H21BrFN3O3S2/c1-2-26-19-17(22)6-3-7-18(19)30-21(26)24-20(27)14-5-4-12-25(13-14)31(28,29)16-10-8-15(23)9-11-16/h3,6-11,14H,2,4-5,12-13H2,1H3. The molecule has 4 rings (SSSR count). The fourth-order valence-electron chi connectivity index (χ4n) is 3.77. The number of hydrogen-bond acceptors (Lipinski definition) is 4. The van der Waals surface area contributed by atoms with Crippen LogP contribution in [0.15, 0.2) is 56.8 Å². The molecule has 0 spiro atoms. The minimum atomic E-state index is -3.79. The van der Waals surface area contributed by atoms with Crippen molar-refractivity contribution in [3.63, 3.8) is 0 Å². The lowest BCUT2D eigenvalue weighted by Gasteiger charge is -2.30. The molecule has 10 heteroatoms. The monoisotopic (exact) mass is 525 g/mol. The molecule has 0 saturated carbocycles. The highest BCUT2D eigenvalue weighted by Gasteiger charge is 2.33. The van der Waals surface area contributed by atoms with Gasteiger partial charge in [0, 0.05) is 24.1 Å². The van der Waals surface area contributed by atoms with Gasteiger partial charge in [0.2, 0.25) is 10.0 Å². The van der Waals surface area contributed by atoms with Crippen LogP contribution in [0.5, 0.6) is 0 Å². The number of aryl methyl sites for hydroxylation is 1. The van der Waals surface area contributed by atoms with E-state index in [0.717, 1.165) is 26.8 Å². The molecular weight excluding hydrogens is 505 g/mol. The van der Waals surface area contributed by atoms with Crippen LogP contribution in [0.1, 0.15) is 19.8 Å². The van der Waals surface area contributed by atoms with E-state index in [4.69, 9.17) is 0 Å². The van der Waals surface area contributed by atoms with Gasteiger partial charge in [0.25, 0.3) is 5.91 Å². The number of nitrogens with zero attached hydrogens (tertiary/aromatic N) is 3. The van der Waals surface area contributed by atoms with Crippen molar-refractivity contribution in [2.45, 2.75) is 31.2 Å². The number of carbonyl (C=O) groups is 1. The highest BCUT2D eigenvalue weighted by atomic mass is 79.9. The van der Waals surface area contributed by atoms with Crippen molar-refractivity contribution in [1.29, 1.82) is 0 Å². The summed E-state index contributed by atoms with van der Waals surface area (Å²) in [4.78, 5) is 18.0. The van der Waals surface area contributed by atoms with E-state index in [1.165, 1.54) is 27.8 Å². The maximum atomic E-state index is 13.2. The number of halogens is 2. The molecule has 164 valence electrons. The average molecular weight is 526 g/mol. The molecule has 0 radical (unpaired) electrons. The van der Waals surface area contributed by atoms with Gasteiger partial charge in [0.1, 0.15) is 5.82 Å². The number of aromatic nitrogens is 1. The van der Waals surface area contributed by atoms with Crippen LogP contribution >= 0.6 is 27.3 Å². The van der Waals surface area contributed by atoms with Gasteiger partial charge in [-0.25, -0.2) is 12.8 Å².